The molecule has 0 aliphatic heterocycles. The van der Waals surface area contributed by atoms with Crippen LogP contribution >= 0.6 is 15.9 Å². The van der Waals surface area contributed by atoms with Gasteiger partial charge in [0, 0.05) is 16.5 Å². The number of para-hydroxylation sites is 1. The summed E-state index contributed by atoms with van der Waals surface area (Å²) < 4.78 is 14.1. The van der Waals surface area contributed by atoms with Crippen molar-refractivity contribution >= 4 is 43.8 Å². The molecular formula is C30H26BrN3O3. The third kappa shape index (κ3) is 5.13. The Bertz CT molecular complexity index is 1670. The molecule has 0 unspecified atom stereocenters. The van der Waals surface area contributed by atoms with E-state index in [-0.39, 0.29) is 5.56 Å². The summed E-state index contributed by atoms with van der Waals surface area (Å²) in [6.45, 7) is 2.41. The van der Waals surface area contributed by atoms with Crippen LogP contribution in [0.5, 0.6) is 11.5 Å². The Labute approximate surface area is 223 Å². The van der Waals surface area contributed by atoms with Crippen LogP contribution in [0.3, 0.4) is 0 Å². The van der Waals surface area contributed by atoms with Crippen LogP contribution in [0.15, 0.2) is 93.2 Å². The van der Waals surface area contributed by atoms with Gasteiger partial charge >= 0.3 is 0 Å². The molecule has 5 rings (SSSR count). The molecule has 4 aromatic carbocycles. The summed E-state index contributed by atoms with van der Waals surface area (Å²) in [4.78, 5) is 18.1. The van der Waals surface area contributed by atoms with Crippen molar-refractivity contribution in [3.8, 4) is 11.5 Å². The second-order valence-electron chi connectivity index (χ2n) is 8.61. The van der Waals surface area contributed by atoms with Crippen molar-refractivity contribution in [1.82, 2.24) is 9.66 Å². The van der Waals surface area contributed by atoms with Crippen molar-refractivity contribution in [2.45, 2.75) is 26.4 Å². The van der Waals surface area contributed by atoms with Gasteiger partial charge in [-0.1, -0.05) is 71.4 Å². The zero-order valence-electron chi connectivity index (χ0n) is 20.6. The molecule has 0 amide bonds. The summed E-state index contributed by atoms with van der Waals surface area (Å²) in [7, 11) is 1.61. The quantitative estimate of drug-likeness (QED) is 0.199. The van der Waals surface area contributed by atoms with Gasteiger partial charge in [0.15, 0.2) is 11.5 Å². The van der Waals surface area contributed by atoms with Crippen molar-refractivity contribution in [1.29, 1.82) is 0 Å². The molecule has 0 bridgehead atoms. The Hall–Kier alpha value is -3.97. The van der Waals surface area contributed by atoms with Crippen molar-refractivity contribution in [2.24, 2.45) is 5.10 Å². The number of benzene rings is 4. The van der Waals surface area contributed by atoms with Crippen LogP contribution in [0, 0.1) is 0 Å². The number of halogens is 1. The first-order chi connectivity index (χ1) is 18.1. The molecule has 0 spiro atoms. The van der Waals surface area contributed by atoms with Crippen LogP contribution < -0.4 is 15.0 Å². The number of nitrogens with zero attached hydrogens (tertiary/aromatic N) is 3. The fourth-order valence-corrected chi connectivity index (χ4v) is 4.70. The van der Waals surface area contributed by atoms with Crippen LogP contribution in [-0.2, 0) is 13.0 Å². The first kappa shape index (κ1) is 24.7. The van der Waals surface area contributed by atoms with Gasteiger partial charge in [-0.2, -0.15) is 9.78 Å². The Morgan fingerprint density at radius 2 is 1.81 bits per heavy atom. The van der Waals surface area contributed by atoms with Crippen LogP contribution in [-0.4, -0.2) is 23.0 Å². The Balaban J connectivity index is 1.54. The maximum absolute atomic E-state index is 13.4. The summed E-state index contributed by atoms with van der Waals surface area (Å²) in [5.74, 6) is 1.76. The number of hydrogen-bond donors (Lipinski definition) is 0. The normalized spacial score (nSPS) is 11.4. The Morgan fingerprint density at radius 1 is 1.00 bits per heavy atom. The lowest BCUT2D eigenvalue weighted by Gasteiger charge is -2.14. The number of rotatable bonds is 8. The SMILES string of the molecule is CCCc1nc2ccc(Br)cc2c(=O)n1N=Cc1cccc(OC)c1OCc1cccc2ccccc12. The standard InChI is InChI=1S/C30H26BrN3O3/c1-3-8-28-33-26-16-15-23(31)17-25(26)30(35)34(28)32-18-21-11-7-14-27(36-2)29(21)37-19-22-12-6-10-20-9-4-5-13-24(20)22/h4-7,9-18H,3,8,19H2,1-2H3. The molecule has 186 valence electrons. The monoisotopic (exact) mass is 555 g/mol. The maximum Gasteiger partial charge on any atom is 0.282 e. The minimum Gasteiger partial charge on any atom is -0.493 e. The highest BCUT2D eigenvalue weighted by molar-refractivity contribution is 9.10. The van der Waals surface area contributed by atoms with E-state index < -0.39 is 0 Å². The zero-order chi connectivity index (χ0) is 25.8. The number of methoxy groups -OCH3 is 1. The molecule has 0 saturated heterocycles. The minimum atomic E-state index is -0.216. The second-order valence-corrected chi connectivity index (χ2v) is 9.52. The van der Waals surface area contributed by atoms with Gasteiger partial charge in [-0.25, -0.2) is 4.98 Å². The number of hydrogen-bond acceptors (Lipinski definition) is 5. The third-order valence-electron chi connectivity index (χ3n) is 6.14. The number of aryl methyl sites for hydroxylation is 1. The maximum atomic E-state index is 13.4. The van der Waals surface area contributed by atoms with Gasteiger partial charge in [0.05, 0.1) is 24.2 Å². The van der Waals surface area contributed by atoms with Crippen LogP contribution in [0.1, 0.15) is 30.3 Å². The Morgan fingerprint density at radius 3 is 2.65 bits per heavy atom. The van der Waals surface area contributed by atoms with E-state index in [2.05, 4.69) is 45.3 Å². The minimum absolute atomic E-state index is 0.216. The van der Waals surface area contributed by atoms with E-state index in [0.29, 0.717) is 46.8 Å². The molecule has 0 N–H and O–H groups in total. The van der Waals surface area contributed by atoms with Gasteiger partial charge < -0.3 is 9.47 Å². The second kappa shape index (κ2) is 11.0. The zero-order valence-corrected chi connectivity index (χ0v) is 22.2. The van der Waals surface area contributed by atoms with E-state index in [9.17, 15) is 4.79 Å². The largest absolute Gasteiger partial charge is 0.493 e. The lowest BCUT2D eigenvalue weighted by Crippen LogP contribution is -2.22. The molecule has 0 aliphatic carbocycles. The highest BCUT2D eigenvalue weighted by atomic mass is 79.9. The summed E-state index contributed by atoms with van der Waals surface area (Å²) in [6.07, 6.45) is 3.09. The smallest absolute Gasteiger partial charge is 0.282 e. The number of aromatic nitrogens is 2. The molecule has 5 aromatic rings. The molecule has 6 nitrogen and oxygen atoms in total. The molecule has 0 radical (unpaired) electrons. The van der Waals surface area contributed by atoms with Crippen LogP contribution in [0.4, 0.5) is 0 Å². The van der Waals surface area contributed by atoms with Gasteiger partial charge in [0.25, 0.3) is 5.56 Å². The lowest BCUT2D eigenvalue weighted by molar-refractivity contribution is 0.285. The first-order valence-corrected chi connectivity index (χ1v) is 12.9. The molecule has 37 heavy (non-hydrogen) atoms. The van der Waals surface area contributed by atoms with Gasteiger partial charge in [-0.3, -0.25) is 4.79 Å². The molecular weight excluding hydrogens is 530 g/mol. The van der Waals surface area contributed by atoms with Crippen LogP contribution in [0.2, 0.25) is 0 Å². The molecule has 1 aromatic heterocycles. The Kier molecular flexibility index (Phi) is 7.32. The number of ether oxygens (including phenoxy) is 2. The fraction of sp³-hybridized carbons (Fsp3) is 0.167. The number of fused-ring (bicyclic) bond motifs is 2. The predicted molar refractivity (Wildman–Crippen MR) is 152 cm³/mol. The molecule has 0 fully saturated rings. The average Bonchev–Trinajstić information content (AvgIpc) is 2.92. The van der Waals surface area contributed by atoms with E-state index in [1.54, 1.807) is 19.4 Å². The summed E-state index contributed by atoms with van der Waals surface area (Å²) in [5.41, 5.74) is 2.21. The van der Waals surface area contributed by atoms with E-state index >= 15 is 0 Å². The molecule has 0 aliphatic rings. The summed E-state index contributed by atoms with van der Waals surface area (Å²) >= 11 is 3.45. The lowest BCUT2D eigenvalue weighted by atomic mass is 10.1. The highest BCUT2D eigenvalue weighted by Crippen LogP contribution is 2.32. The summed E-state index contributed by atoms with van der Waals surface area (Å²) in [5, 5.41) is 7.38. The van der Waals surface area contributed by atoms with E-state index in [1.165, 1.54) is 4.68 Å². The fourth-order valence-electron chi connectivity index (χ4n) is 4.34. The topological polar surface area (TPSA) is 65.7 Å². The average molecular weight is 556 g/mol. The van der Waals surface area contributed by atoms with Crippen molar-refractivity contribution in [3.63, 3.8) is 0 Å². The summed E-state index contributed by atoms with van der Waals surface area (Å²) in [6, 6.07) is 25.5. The first-order valence-electron chi connectivity index (χ1n) is 12.1. The van der Waals surface area contributed by atoms with Gasteiger partial charge in [-0.05, 0) is 53.1 Å². The molecule has 0 saturated carbocycles. The molecule has 7 heteroatoms. The predicted octanol–water partition coefficient (Wildman–Crippen LogP) is 6.73. The van der Waals surface area contributed by atoms with Crippen molar-refractivity contribution in [2.75, 3.05) is 7.11 Å². The third-order valence-corrected chi connectivity index (χ3v) is 6.64. The molecule has 1 heterocycles. The van der Waals surface area contributed by atoms with E-state index in [1.807, 2.05) is 55.5 Å². The van der Waals surface area contributed by atoms with E-state index in [4.69, 9.17) is 14.5 Å². The molecule has 0 atom stereocenters. The highest BCUT2D eigenvalue weighted by Gasteiger charge is 2.13. The van der Waals surface area contributed by atoms with Gasteiger partial charge in [-0.15, -0.1) is 0 Å². The van der Waals surface area contributed by atoms with Crippen LogP contribution in [0.25, 0.3) is 21.7 Å². The van der Waals surface area contributed by atoms with Crippen molar-refractivity contribution < 1.29 is 9.47 Å². The van der Waals surface area contributed by atoms with Gasteiger partial charge in [0.1, 0.15) is 12.4 Å². The van der Waals surface area contributed by atoms with E-state index in [0.717, 1.165) is 27.2 Å². The van der Waals surface area contributed by atoms with Gasteiger partial charge in [0.2, 0.25) is 0 Å². The van der Waals surface area contributed by atoms with Crippen molar-refractivity contribution in [3.05, 3.63) is 111 Å².